The molecule has 0 spiro atoms. The number of fused-ring (bicyclic) bond motifs is 2. The number of rotatable bonds is 10. The number of carbonyl (C=O) groups excluding carboxylic acids is 7. The lowest BCUT2D eigenvalue weighted by atomic mass is 9.75. The second kappa shape index (κ2) is 15.0. The second-order valence-electron chi connectivity index (χ2n) is 10.9. The predicted molar refractivity (Wildman–Crippen MR) is 151 cm³/mol. The van der Waals surface area contributed by atoms with Crippen molar-refractivity contribution in [3.63, 3.8) is 0 Å². The molecule has 1 aromatic heterocycles. The van der Waals surface area contributed by atoms with Crippen LogP contribution in [0.2, 0.25) is 0 Å². The first-order valence-corrected chi connectivity index (χ1v) is 14.8. The van der Waals surface area contributed by atoms with E-state index in [1.54, 1.807) is 6.07 Å². The summed E-state index contributed by atoms with van der Waals surface area (Å²) in [5.41, 5.74) is 0. The first kappa shape index (κ1) is 35.4. The van der Waals surface area contributed by atoms with E-state index in [-0.39, 0.29) is 11.1 Å². The summed E-state index contributed by atoms with van der Waals surface area (Å²) in [5, 5.41) is 0. The van der Waals surface area contributed by atoms with Gasteiger partial charge in [-0.3, -0.25) is 28.8 Å². The Morgan fingerprint density at radius 1 is 0.830 bits per heavy atom. The molecule has 2 aliphatic heterocycles. The van der Waals surface area contributed by atoms with Gasteiger partial charge >= 0.3 is 41.8 Å². The molecule has 47 heavy (non-hydrogen) atoms. The summed E-state index contributed by atoms with van der Waals surface area (Å²) in [6.07, 6.45) is -10.1. The molecule has 0 aromatic carbocycles. The van der Waals surface area contributed by atoms with E-state index in [4.69, 9.17) is 55.0 Å². The van der Waals surface area contributed by atoms with Gasteiger partial charge in [-0.15, -0.1) is 0 Å². The third-order valence-corrected chi connectivity index (χ3v) is 7.64. The van der Waals surface area contributed by atoms with Crippen molar-refractivity contribution in [3.8, 4) is 0 Å². The van der Waals surface area contributed by atoms with Crippen molar-refractivity contribution in [1.82, 2.24) is 4.73 Å². The monoisotopic (exact) mass is 683 g/mol. The fraction of sp³-hybridized carbons (Fsp3) is 0.586. The van der Waals surface area contributed by atoms with E-state index in [2.05, 4.69) is 0 Å². The molecule has 256 valence electrons. The average Bonchev–Trinajstić information content (AvgIpc) is 3.15. The number of hydrogen-bond donors (Lipinski definition) is 0. The molecule has 4 rings (SSSR count). The van der Waals surface area contributed by atoms with Gasteiger partial charge in [-0.05, 0) is 12.1 Å². The quantitative estimate of drug-likeness (QED) is 0.182. The molecule has 3 aliphatic rings. The molecule has 2 saturated heterocycles. The zero-order valence-corrected chi connectivity index (χ0v) is 26.7. The SMILES string of the molecule is CC(=O)OC[C@H]1O[C@@H](O[C@H]2C[C@H]3OC(=O)[C@H]([C@H]3OC(C)=O)[C@H]2C(=O)On2ccccc2=S)[C@H](OC(C)=O)[C@@H](OC(C)=O)[C@@H]1OC(C)=O. The molecule has 0 unspecified atom stereocenters. The standard InChI is InChI=1S/C29H33NO16S/c1-12(31)38-11-19-24(40-14(3)33)25(41-15(4)34)26(42-16(5)35)29(45-19)44-17-10-18-23(39-13(2)32)22(27(36)43-18)21(17)28(37)46-30-9-7-6-8-20(30)47/h6-9,17-19,21-26,29H,10-11H2,1-5H3/t17-,18+,19+,21-,22-,23-,24+,25-,26+,29+/m0/s1. The van der Waals surface area contributed by atoms with Gasteiger partial charge < -0.3 is 42.7 Å². The van der Waals surface area contributed by atoms with Gasteiger partial charge in [-0.25, -0.2) is 4.79 Å². The molecule has 1 aliphatic carbocycles. The van der Waals surface area contributed by atoms with Gasteiger partial charge in [-0.1, -0.05) is 18.3 Å². The van der Waals surface area contributed by atoms with Gasteiger partial charge in [0.25, 0.3) is 0 Å². The van der Waals surface area contributed by atoms with E-state index >= 15 is 0 Å². The highest BCUT2D eigenvalue weighted by Gasteiger charge is 2.63. The third-order valence-electron chi connectivity index (χ3n) is 7.32. The summed E-state index contributed by atoms with van der Waals surface area (Å²) < 4.78 is 45.5. The van der Waals surface area contributed by atoms with E-state index in [9.17, 15) is 33.6 Å². The number of ether oxygens (including phenoxy) is 8. The van der Waals surface area contributed by atoms with Crippen LogP contribution in [0.4, 0.5) is 0 Å². The Morgan fingerprint density at radius 3 is 2.02 bits per heavy atom. The number of hydrogen-bond acceptors (Lipinski definition) is 17. The lowest BCUT2D eigenvalue weighted by Crippen LogP contribution is -2.64. The summed E-state index contributed by atoms with van der Waals surface area (Å²) in [6, 6.07) is 4.63. The fourth-order valence-corrected chi connectivity index (χ4v) is 5.87. The van der Waals surface area contributed by atoms with Crippen molar-refractivity contribution in [1.29, 1.82) is 0 Å². The highest BCUT2D eigenvalue weighted by molar-refractivity contribution is 7.71. The summed E-state index contributed by atoms with van der Waals surface area (Å²) in [4.78, 5) is 92.5. The highest BCUT2D eigenvalue weighted by atomic mass is 32.1. The van der Waals surface area contributed by atoms with Crippen LogP contribution in [0.1, 0.15) is 41.0 Å². The van der Waals surface area contributed by atoms with Gasteiger partial charge in [0.1, 0.15) is 35.3 Å². The Balaban J connectivity index is 1.75. The maximum absolute atomic E-state index is 13.8. The molecule has 0 amide bonds. The summed E-state index contributed by atoms with van der Waals surface area (Å²) in [7, 11) is 0. The molecule has 1 saturated carbocycles. The normalized spacial score (nSPS) is 31.0. The summed E-state index contributed by atoms with van der Waals surface area (Å²) in [6.45, 7) is 4.89. The lowest BCUT2D eigenvalue weighted by molar-refractivity contribution is -0.323. The van der Waals surface area contributed by atoms with E-state index in [1.165, 1.54) is 18.3 Å². The predicted octanol–water partition coefficient (Wildman–Crippen LogP) is 0.134. The molecule has 1 aromatic rings. The van der Waals surface area contributed by atoms with Crippen molar-refractivity contribution >= 4 is 54.0 Å². The maximum atomic E-state index is 13.8. The highest BCUT2D eigenvalue weighted by Crippen LogP contribution is 2.44. The van der Waals surface area contributed by atoms with Crippen LogP contribution in [0.15, 0.2) is 24.4 Å². The summed E-state index contributed by atoms with van der Waals surface area (Å²) in [5.74, 6) is -8.85. The third kappa shape index (κ3) is 8.49. The zero-order valence-electron chi connectivity index (χ0n) is 25.9. The maximum Gasteiger partial charge on any atom is 0.339 e. The van der Waals surface area contributed by atoms with Crippen LogP contribution < -0.4 is 4.84 Å². The number of nitrogens with zero attached hydrogens (tertiary/aromatic N) is 1. The van der Waals surface area contributed by atoms with Crippen LogP contribution in [0, 0.1) is 16.5 Å². The second-order valence-corrected chi connectivity index (χ2v) is 11.3. The first-order valence-electron chi connectivity index (χ1n) is 14.4. The molecule has 3 heterocycles. The molecule has 0 radical (unpaired) electrons. The molecular weight excluding hydrogens is 650 g/mol. The molecule has 17 nitrogen and oxygen atoms in total. The minimum absolute atomic E-state index is 0.108. The Kier molecular flexibility index (Phi) is 11.3. The smallest absolute Gasteiger partial charge is 0.339 e. The van der Waals surface area contributed by atoms with E-state index < -0.39 is 109 Å². The molecule has 18 heteroatoms. The van der Waals surface area contributed by atoms with Crippen molar-refractivity contribution in [2.75, 3.05) is 6.61 Å². The fourth-order valence-electron chi connectivity index (χ4n) is 5.70. The molecule has 10 atom stereocenters. The van der Waals surface area contributed by atoms with Crippen molar-refractivity contribution < 1.29 is 76.3 Å². The molecule has 2 bridgehead atoms. The minimum atomic E-state index is -1.69. The van der Waals surface area contributed by atoms with Crippen LogP contribution >= 0.6 is 12.2 Å². The summed E-state index contributed by atoms with van der Waals surface area (Å²) >= 11 is 5.21. The minimum Gasteiger partial charge on any atom is -0.463 e. The van der Waals surface area contributed by atoms with Crippen LogP contribution in [-0.2, 0) is 71.5 Å². The first-order chi connectivity index (χ1) is 22.2. The van der Waals surface area contributed by atoms with Crippen LogP contribution in [0.25, 0.3) is 0 Å². The molecule has 3 fully saturated rings. The van der Waals surface area contributed by atoms with Crippen LogP contribution in [0.3, 0.4) is 0 Å². The van der Waals surface area contributed by atoms with Crippen LogP contribution in [0.5, 0.6) is 0 Å². The number of aromatic nitrogens is 1. The van der Waals surface area contributed by atoms with Gasteiger partial charge in [-0.2, -0.15) is 4.73 Å². The van der Waals surface area contributed by atoms with Crippen molar-refractivity contribution in [3.05, 3.63) is 29.0 Å². The number of carbonyl (C=O) groups is 7. The Hall–Kier alpha value is -4.42. The Labute approximate surface area is 272 Å². The van der Waals surface area contributed by atoms with Gasteiger partial charge in [0.2, 0.25) is 0 Å². The van der Waals surface area contributed by atoms with E-state index in [1.807, 2.05) is 0 Å². The largest absolute Gasteiger partial charge is 0.463 e. The Bertz CT molecular complexity index is 1480. The number of esters is 6. The van der Waals surface area contributed by atoms with E-state index in [0.717, 1.165) is 39.3 Å². The van der Waals surface area contributed by atoms with Crippen LogP contribution in [-0.4, -0.2) is 102 Å². The van der Waals surface area contributed by atoms with E-state index in [0.29, 0.717) is 0 Å². The molecular formula is C29H33NO16S. The molecule has 0 N–H and O–H groups in total. The lowest BCUT2D eigenvalue weighted by Gasteiger charge is -2.46. The van der Waals surface area contributed by atoms with Gasteiger partial charge in [0.05, 0.1) is 6.10 Å². The van der Waals surface area contributed by atoms with Crippen molar-refractivity contribution in [2.45, 2.75) is 90.1 Å². The average molecular weight is 684 g/mol. The Morgan fingerprint density at radius 2 is 1.43 bits per heavy atom. The topological polar surface area (TPSA) is 207 Å². The zero-order chi connectivity index (χ0) is 34.6. The number of pyridine rings is 1. The van der Waals surface area contributed by atoms with Crippen molar-refractivity contribution in [2.24, 2.45) is 11.8 Å². The van der Waals surface area contributed by atoms with Gasteiger partial charge in [0.15, 0.2) is 30.7 Å². The van der Waals surface area contributed by atoms with Gasteiger partial charge in [0, 0.05) is 47.2 Å².